The highest BCUT2D eigenvalue weighted by Crippen LogP contribution is 2.13. The zero-order valence-electron chi connectivity index (χ0n) is 15.0. The first-order chi connectivity index (χ1) is 12.1. The highest BCUT2D eigenvalue weighted by Gasteiger charge is 2.21. The van der Waals surface area contributed by atoms with Crippen molar-refractivity contribution in [2.45, 2.75) is 38.2 Å². The quantitative estimate of drug-likeness (QED) is 0.720. The maximum absolute atomic E-state index is 11.9. The van der Waals surface area contributed by atoms with Crippen LogP contribution in [0.3, 0.4) is 0 Å². The molecule has 1 fully saturated rings. The van der Waals surface area contributed by atoms with Crippen molar-refractivity contribution in [1.29, 1.82) is 5.26 Å². The van der Waals surface area contributed by atoms with Crippen molar-refractivity contribution in [3.8, 4) is 6.07 Å². The van der Waals surface area contributed by atoms with Crippen LogP contribution in [0.25, 0.3) is 0 Å². The average molecular weight is 362 g/mol. The summed E-state index contributed by atoms with van der Waals surface area (Å²) in [6.45, 7) is 7.87. The van der Waals surface area contributed by atoms with E-state index in [0.717, 1.165) is 43.9 Å². The number of nitriles is 1. The normalized spacial score (nSPS) is 20.8. The molecule has 1 aromatic rings. The molecular weight excluding hydrogens is 334 g/mol. The lowest BCUT2D eigenvalue weighted by Crippen LogP contribution is -2.46. The van der Waals surface area contributed by atoms with E-state index in [-0.39, 0.29) is 18.1 Å². The smallest absolute Gasteiger partial charge is 0.230 e. The van der Waals surface area contributed by atoms with E-state index in [9.17, 15) is 4.79 Å². The van der Waals surface area contributed by atoms with E-state index in [1.165, 1.54) is 0 Å². The van der Waals surface area contributed by atoms with E-state index in [1.54, 1.807) is 11.8 Å². The molecule has 6 heteroatoms. The first kappa shape index (κ1) is 19.8. The molecule has 5 nitrogen and oxygen atoms in total. The maximum Gasteiger partial charge on any atom is 0.230 e. The van der Waals surface area contributed by atoms with Gasteiger partial charge in [-0.25, -0.2) is 0 Å². The highest BCUT2D eigenvalue weighted by atomic mass is 32.2. The summed E-state index contributed by atoms with van der Waals surface area (Å²) >= 11 is 1.59. The van der Waals surface area contributed by atoms with Gasteiger partial charge in [-0.1, -0.05) is 12.1 Å². The number of hydrogen-bond donors (Lipinski definition) is 1. The number of ether oxygens (including phenoxy) is 1. The molecule has 0 spiro atoms. The van der Waals surface area contributed by atoms with Crippen LogP contribution in [0.1, 0.15) is 31.4 Å². The van der Waals surface area contributed by atoms with Crippen LogP contribution in [-0.2, 0) is 15.3 Å². The molecule has 0 aliphatic carbocycles. The van der Waals surface area contributed by atoms with Gasteiger partial charge in [0, 0.05) is 31.9 Å². The van der Waals surface area contributed by atoms with Gasteiger partial charge in [0.15, 0.2) is 0 Å². The third-order valence-electron chi connectivity index (χ3n) is 4.05. The lowest BCUT2D eigenvalue weighted by molar-refractivity contribution is -0.118. The molecule has 0 bridgehead atoms. The maximum atomic E-state index is 11.9. The molecule has 1 heterocycles. The van der Waals surface area contributed by atoms with Crippen molar-refractivity contribution in [2.24, 2.45) is 0 Å². The van der Waals surface area contributed by atoms with Crippen LogP contribution in [0.2, 0.25) is 0 Å². The topological polar surface area (TPSA) is 65.4 Å². The van der Waals surface area contributed by atoms with Gasteiger partial charge in [-0.3, -0.25) is 9.69 Å². The van der Waals surface area contributed by atoms with Gasteiger partial charge in [-0.15, -0.1) is 11.8 Å². The van der Waals surface area contributed by atoms with Crippen molar-refractivity contribution in [3.05, 3.63) is 35.4 Å². The molecule has 0 radical (unpaired) electrons. The fourth-order valence-corrected chi connectivity index (χ4v) is 3.80. The van der Waals surface area contributed by atoms with E-state index in [1.807, 2.05) is 24.3 Å². The zero-order valence-corrected chi connectivity index (χ0v) is 15.8. The summed E-state index contributed by atoms with van der Waals surface area (Å²) < 4.78 is 5.72. The molecule has 1 N–H and O–H groups in total. The number of carbonyl (C=O) groups is 1. The zero-order chi connectivity index (χ0) is 18.1. The Morgan fingerprint density at radius 3 is 2.64 bits per heavy atom. The van der Waals surface area contributed by atoms with Crippen LogP contribution in [-0.4, -0.2) is 54.9 Å². The SMILES string of the molecule is C[C@@H]1CN(CCCNC(=O)CSCc2ccc(C#N)cc2)C[C@@H](C)O1. The first-order valence-electron chi connectivity index (χ1n) is 8.78. The summed E-state index contributed by atoms with van der Waals surface area (Å²) in [5.41, 5.74) is 1.79. The Hall–Kier alpha value is -1.55. The Balaban J connectivity index is 1.54. The minimum Gasteiger partial charge on any atom is -0.373 e. The fourth-order valence-electron chi connectivity index (χ4n) is 2.99. The number of rotatable bonds is 8. The van der Waals surface area contributed by atoms with Gasteiger partial charge >= 0.3 is 0 Å². The molecule has 0 aromatic heterocycles. The lowest BCUT2D eigenvalue weighted by atomic mass is 10.2. The molecule has 1 amide bonds. The van der Waals surface area contributed by atoms with Crippen molar-refractivity contribution in [3.63, 3.8) is 0 Å². The number of thioether (sulfide) groups is 1. The number of hydrogen-bond acceptors (Lipinski definition) is 5. The largest absolute Gasteiger partial charge is 0.373 e. The van der Waals surface area contributed by atoms with Gasteiger partial charge in [-0.05, 0) is 38.0 Å². The number of morpholine rings is 1. The Bertz CT molecular complexity index is 575. The third-order valence-corrected chi connectivity index (χ3v) is 5.06. The Morgan fingerprint density at radius 2 is 2.00 bits per heavy atom. The highest BCUT2D eigenvalue weighted by molar-refractivity contribution is 7.99. The molecule has 0 unspecified atom stereocenters. The summed E-state index contributed by atoms with van der Waals surface area (Å²) in [6, 6.07) is 9.60. The number of carbonyl (C=O) groups excluding carboxylic acids is 1. The minimum absolute atomic E-state index is 0.0855. The molecule has 2 rings (SSSR count). The van der Waals surface area contributed by atoms with Crippen LogP contribution in [0.5, 0.6) is 0 Å². The van der Waals surface area contributed by atoms with Crippen LogP contribution in [0.15, 0.2) is 24.3 Å². The summed E-state index contributed by atoms with van der Waals surface area (Å²) in [7, 11) is 0. The average Bonchev–Trinajstić information content (AvgIpc) is 2.58. The lowest BCUT2D eigenvalue weighted by Gasteiger charge is -2.35. The number of amides is 1. The second-order valence-electron chi connectivity index (χ2n) is 6.52. The number of nitrogens with one attached hydrogen (secondary N) is 1. The summed E-state index contributed by atoms with van der Waals surface area (Å²) in [5, 5.41) is 11.8. The molecule has 2 atom stereocenters. The molecule has 136 valence electrons. The van der Waals surface area contributed by atoms with Crippen molar-refractivity contribution < 1.29 is 9.53 Å². The second-order valence-corrected chi connectivity index (χ2v) is 7.51. The predicted molar refractivity (Wildman–Crippen MR) is 101 cm³/mol. The van der Waals surface area contributed by atoms with E-state index >= 15 is 0 Å². The Labute approximate surface area is 154 Å². The number of nitrogens with zero attached hydrogens (tertiary/aromatic N) is 2. The van der Waals surface area contributed by atoms with E-state index in [4.69, 9.17) is 10.00 Å². The molecule has 1 aliphatic rings. The summed E-state index contributed by atoms with van der Waals surface area (Å²) in [6.07, 6.45) is 1.54. The minimum atomic E-state index is 0.0855. The monoisotopic (exact) mass is 361 g/mol. The van der Waals surface area contributed by atoms with Crippen LogP contribution >= 0.6 is 11.8 Å². The van der Waals surface area contributed by atoms with Crippen LogP contribution < -0.4 is 5.32 Å². The summed E-state index contributed by atoms with van der Waals surface area (Å²) in [5.74, 6) is 1.33. The van der Waals surface area contributed by atoms with E-state index in [2.05, 4.69) is 30.1 Å². The van der Waals surface area contributed by atoms with Crippen molar-refractivity contribution >= 4 is 17.7 Å². The van der Waals surface area contributed by atoms with Gasteiger partial charge in [-0.2, -0.15) is 5.26 Å². The van der Waals surface area contributed by atoms with Crippen LogP contribution in [0.4, 0.5) is 0 Å². The first-order valence-corrected chi connectivity index (χ1v) is 9.93. The molecule has 1 aliphatic heterocycles. The molecule has 0 saturated carbocycles. The number of benzene rings is 1. The van der Waals surface area contributed by atoms with Crippen molar-refractivity contribution in [1.82, 2.24) is 10.2 Å². The van der Waals surface area contributed by atoms with Gasteiger partial charge in [0.25, 0.3) is 0 Å². The van der Waals surface area contributed by atoms with Crippen LogP contribution in [0, 0.1) is 11.3 Å². The summed E-state index contributed by atoms with van der Waals surface area (Å²) in [4.78, 5) is 14.3. The molecule has 1 aromatic carbocycles. The Kier molecular flexibility index (Phi) is 8.26. The molecule has 1 saturated heterocycles. The van der Waals surface area contributed by atoms with Gasteiger partial charge in [0.05, 0.1) is 29.6 Å². The van der Waals surface area contributed by atoms with Crippen molar-refractivity contribution in [2.75, 3.05) is 31.9 Å². The standard InChI is InChI=1S/C19H27N3O2S/c1-15-11-22(12-16(2)24-15)9-3-8-21-19(23)14-25-13-18-6-4-17(10-20)5-7-18/h4-7,15-16H,3,8-9,11-14H2,1-2H3,(H,21,23)/t15-,16-/m1/s1. The molecular formula is C19H27N3O2S. The van der Waals surface area contributed by atoms with E-state index in [0.29, 0.717) is 11.3 Å². The molecule has 25 heavy (non-hydrogen) atoms. The van der Waals surface area contributed by atoms with Gasteiger partial charge in [0.1, 0.15) is 0 Å². The fraction of sp³-hybridized carbons (Fsp3) is 0.579. The Morgan fingerprint density at radius 1 is 1.32 bits per heavy atom. The predicted octanol–water partition coefficient (Wildman–Crippen LogP) is 2.41. The van der Waals surface area contributed by atoms with Gasteiger partial charge in [0.2, 0.25) is 5.91 Å². The van der Waals surface area contributed by atoms with E-state index < -0.39 is 0 Å². The second kappa shape index (κ2) is 10.4. The third kappa shape index (κ3) is 7.47. The van der Waals surface area contributed by atoms with Gasteiger partial charge < -0.3 is 10.1 Å².